The van der Waals surface area contributed by atoms with Gasteiger partial charge in [-0.3, -0.25) is 14.7 Å². The number of ether oxygens (including phenoxy) is 2. The first-order chi connectivity index (χ1) is 21.0. The van der Waals surface area contributed by atoms with E-state index in [4.69, 9.17) is 14.6 Å². The van der Waals surface area contributed by atoms with Gasteiger partial charge in [-0.1, -0.05) is 72.4 Å². The number of carbonyl (C=O) groups excluding carboxylic acids is 1. The van der Waals surface area contributed by atoms with Crippen LogP contribution in [0.3, 0.4) is 0 Å². The van der Waals surface area contributed by atoms with Crippen molar-refractivity contribution < 1.29 is 29.3 Å². The van der Waals surface area contributed by atoms with E-state index >= 15 is 0 Å². The molecule has 3 atom stereocenters. The van der Waals surface area contributed by atoms with Crippen molar-refractivity contribution in [1.82, 2.24) is 20.5 Å². The van der Waals surface area contributed by atoms with Gasteiger partial charge in [0.05, 0.1) is 18.8 Å². The topological polar surface area (TPSA) is 147 Å². The van der Waals surface area contributed by atoms with Crippen LogP contribution in [0.2, 0.25) is 0 Å². The van der Waals surface area contributed by atoms with Crippen LogP contribution in [-0.2, 0) is 32.2 Å². The fourth-order valence-electron chi connectivity index (χ4n) is 4.87. The summed E-state index contributed by atoms with van der Waals surface area (Å²) in [4.78, 5) is 27.0. The standard InChI is InChI=1S/C32H34N4O6S/c37-18-21-10-12-23(13-11-21)28-16-27(19-43-32-34-20-35-36-32)41-31(42-28)26-7-2-6-25(15-26)24-5-1-4-22(14-24)17-33-29(38)8-3-9-30(39)40/h1-2,4-7,10-15,20,27-28,31,37H,3,8-9,16-19H2,(H,33,38)(H,39,40)(H,34,35,36). The molecular formula is C32H34N4O6S. The minimum absolute atomic E-state index is 0.0128. The number of amides is 1. The summed E-state index contributed by atoms with van der Waals surface area (Å²) < 4.78 is 13.0. The van der Waals surface area contributed by atoms with Crippen LogP contribution >= 0.6 is 11.8 Å². The van der Waals surface area contributed by atoms with Gasteiger partial charge in [-0.05, 0) is 46.4 Å². The van der Waals surface area contributed by atoms with E-state index in [1.165, 1.54) is 6.33 Å². The number of carboxylic acid groups (broad SMARTS) is 1. The zero-order valence-electron chi connectivity index (χ0n) is 23.5. The molecule has 0 bridgehead atoms. The monoisotopic (exact) mass is 602 g/mol. The number of aliphatic hydroxyl groups excluding tert-OH is 1. The van der Waals surface area contributed by atoms with Crippen LogP contribution in [0.1, 0.15) is 60.3 Å². The molecule has 1 aliphatic heterocycles. The summed E-state index contributed by atoms with van der Waals surface area (Å²) in [7, 11) is 0. The van der Waals surface area contributed by atoms with E-state index in [0.29, 0.717) is 25.1 Å². The quantitative estimate of drug-likeness (QED) is 0.152. The predicted octanol–water partition coefficient (Wildman–Crippen LogP) is 5.17. The smallest absolute Gasteiger partial charge is 0.303 e. The number of hydrogen-bond acceptors (Lipinski definition) is 8. The van der Waals surface area contributed by atoms with Crippen molar-refractivity contribution in [3.05, 3.63) is 101 Å². The Hall–Kier alpha value is -4.03. The van der Waals surface area contributed by atoms with E-state index in [-0.39, 0.29) is 37.6 Å². The van der Waals surface area contributed by atoms with Crippen molar-refractivity contribution in [2.24, 2.45) is 0 Å². The number of aromatic amines is 1. The van der Waals surface area contributed by atoms with Gasteiger partial charge in [-0.2, -0.15) is 5.10 Å². The van der Waals surface area contributed by atoms with Gasteiger partial charge in [0.25, 0.3) is 0 Å². The lowest BCUT2D eigenvalue weighted by atomic mass is 9.99. The SMILES string of the molecule is O=C(O)CCCC(=O)NCc1cccc(-c2cccc(C3OC(CSc4ncn[nH]4)CC(c4ccc(CO)cc4)O3)c2)c1. The minimum Gasteiger partial charge on any atom is -0.481 e. The van der Waals surface area contributed by atoms with Gasteiger partial charge in [0.2, 0.25) is 5.91 Å². The molecule has 3 aromatic carbocycles. The molecule has 3 unspecified atom stereocenters. The average molecular weight is 603 g/mol. The summed E-state index contributed by atoms with van der Waals surface area (Å²) in [6, 6.07) is 23.8. The Morgan fingerprint density at radius 3 is 2.49 bits per heavy atom. The molecule has 43 heavy (non-hydrogen) atoms. The van der Waals surface area contributed by atoms with E-state index < -0.39 is 12.3 Å². The molecule has 4 N–H and O–H groups in total. The highest BCUT2D eigenvalue weighted by atomic mass is 32.2. The molecule has 1 fully saturated rings. The highest BCUT2D eigenvalue weighted by molar-refractivity contribution is 7.99. The highest BCUT2D eigenvalue weighted by Crippen LogP contribution is 2.40. The molecule has 0 spiro atoms. The summed E-state index contributed by atoms with van der Waals surface area (Å²) in [6.07, 6.45) is 1.72. The molecule has 0 saturated carbocycles. The molecule has 11 heteroatoms. The number of aliphatic carboxylic acids is 1. The van der Waals surface area contributed by atoms with E-state index in [0.717, 1.165) is 38.5 Å². The second-order valence-corrected chi connectivity index (χ2v) is 11.3. The minimum atomic E-state index is -0.903. The van der Waals surface area contributed by atoms with Crippen LogP contribution in [0.25, 0.3) is 11.1 Å². The van der Waals surface area contributed by atoms with Crippen LogP contribution in [-0.4, -0.2) is 49.1 Å². The first-order valence-corrected chi connectivity index (χ1v) is 15.1. The van der Waals surface area contributed by atoms with Gasteiger partial charge < -0.3 is 25.0 Å². The van der Waals surface area contributed by atoms with E-state index in [1.54, 1.807) is 11.8 Å². The molecule has 1 saturated heterocycles. The summed E-state index contributed by atoms with van der Waals surface area (Å²) in [5.41, 5.74) is 5.67. The Labute approximate surface area is 253 Å². The Bertz CT molecular complexity index is 1500. The molecule has 1 aromatic heterocycles. The van der Waals surface area contributed by atoms with E-state index in [9.17, 15) is 14.7 Å². The summed E-state index contributed by atoms with van der Waals surface area (Å²) >= 11 is 1.55. The average Bonchev–Trinajstić information content (AvgIpc) is 3.57. The van der Waals surface area contributed by atoms with Crippen molar-refractivity contribution in [2.75, 3.05) is 5.75 Å². The number of nitrogens with one attached hydrogen (secondary N) is 2. The molecule has 0 radical (unpaired) electrons. The molecule has 5 rings (SSSR count). The van der Waals surface area contributed by atoms with Gasteiger partial charge in [0.15, 0.2) is 11.4 Å². The molecule has 224 valence electrons. The van der Waals surface area contributed by atoms with Crippen LogP contribution in [0.4, 0.5) is 0 Å². The van der Waals surface area contributed by atoms with Gasteiger partial charge in [-0.25, -0.2) is 4.98 Å². The molecule has 4 aromatic rings. The summed E-state index contributed by atoms with van der Waals surface area (Å²) in [6.45, 7) is 0.344. The summed E-state index contributed by atoms with van der Waals surface area (Å²) in [5, 5.41) is 28.6. The Balaban J connectivity index is 1.30. The molecule has 0 aliphatic carbocycles. The number of rotatable bonds is 13. The lowest BCUT2D eigenvalue weighted by Gasteiger charge is -2.36. The maximum absolute atomic E-state index is 12.1. The van der Waals surface area contributed by atoms with E-state index in [1.807, 2.05) is 66.7 Å². The third-order valence-corrected chi connectivity index (χ3v) is 8.13. The fourth-order valence-corrected chi connectivity index (χ4v) is 5.67. The first kappa shape index (κ1) is 30.4. The largest absolute Gasteiger partial charge is 0.481 e. The van der Waals surface area contributed by atoms with Gasteiger partial charge >= 0.3 is 5.97 Å². The second kappa shape index (κ2) is 14.9. The number of nitrogens with zero attached hydrogens (tertiary/aromatic N) is 2. The maximum atomic E-state index is 12.1. The number of thioether (sulfide) groups is 1. The molecule has 2 heterocycles. The lowest BCUT2D eigenvalue weighted by molar-refractivity contribution is -0.245. The third kappa shape index (κ3) is 8.74. The highest BCUT2D eigenvalue weighted by Gasteiger charge is 2.32. The Morgan fingerprint density at radius 2 is 1.74 bits per heavy atom. The number of aromatic nitrogens is 3. The predicted molar refractivity (Wildman–Crippen MR) is 161 cm³/mol. The van der Waals surface area contributed by atoms with Crippen LogP contribution in [0.5, 0.6) is 0 Å². The maximum Gasteiger partial charge on any atom is 0.303 e. The number of carboxylic acids is 1. The number of aliphatic hydroxyl groups is 1. The Kier molecular flexibility index (Phi) is 10.6. The molecule has 1 amide bonds. The third-order valence-electron chi connectivity index (χ3n) is 7.12. The van der Waals surface area contributed by atoms with Crippen molar-refractivity contribution in [3.63, 3.8) is 0 Å². The number of H-pyrrole nitrogens is 1. The van der Waals surface area contributed by atoms with Crippen molar-refractivity contribution in [3.8, 4) is 11.1 Å². The zero-order chi connectivity index (χ0) is 30.0. The normalized spacial score (nSPS) is 18.3. The van der Waals surface area contributed by atoms with Gasteiger partial charge in [0, 0.05) is 37.1 Å². The van der Waals surface area contributed by atoms with Crippen molar-refractivity contribution in [2.45, 2.75) is 62.5 Å². The second-order valence-electron chi connectivity index (χ2n) is 10.3. The first-order valence-electron chi connectivity index (χ1n) is 14.1. The van der Waals surface area contributed by atoms with Crippen molar-refractivity contribution >= 4 is 23.6 Å². The van der Waals surface area contributed by atoms with Crippen molar-refractivity contribution in [1.29, 1.82) is 0 Å². The fraction of sp³-hybridized carbons (Fsp3) is 0.312. The van der Waals surface area contributed by atoms with E-state index in [2.05, 4.69) is 26.6 Å². The molecular weight excluding hydrogens is 568 g/mol. The number of benzene rings is 3. The lowest BCUT2D eigenvalue weighted by Crippen LogP contribution is -2.31. The number of hydrogen-bond donors (Lipinski definition) is 4. The van der Waals surface area contributed by atoms with Gasteiger partial charge in [0.1, 0.15) is 6.33 Å². The number of carbonyl (C=O) groups is 2. The Morgan fingerprint density at radius 1 is 0.953 bits per heavy atom. The van der Waals surface area contributed by atoms with Crippen LogP contribution < -0.4 is 5.32 Å². The molecule has 10 nitrogen and oxygen atoms in total. The van der Waals surface area contributed by atoms with Crippen LogP contribution in [0, 0.1) is 0 Å². The zero-order valence-corrected chi connectivity index (χ0v) is 24.3. The molecule has 1 aliphatic rings. The summed E-state index contributed by atoms with van der Waals surface area (Å²) in [5.74, 6) is -0.402. The van der Waals surface area contributed by atoms with Gasteiger partial charge in [-0.15, -0.1) is 0 Å². The van der Waals surface area contributed by atoms with Crippen LogP contribution in [0.15, 0.2) is 84.3 Å².